The first-order chi connectivity index (χ1) is 18.0. The van der Waals surface area contributed by atoms with Gasteiger partial charge in [0.25, 0.3) is 0 Å². The maximum atomic E-state index is 14.1. The number of carbonyl (C=O) groups is 1. The molecule has 10 heteroatoms. The number of piperidine rings is 1. The Morgan fingerprint density at radius 3 is 2.24 bits per heavy atom. The maximum absolute atomic E-state index is 14.1. The fourth-order valence-corrected chi connectivity index (χ4v) is 4.68. The molecule has 1 aliphatic rings. The van der Waals surface area contributed by atoms with Gasteiger partial charge in [0.15, 0.2) is 11.6 Å². The van der Waals surface area contributed by atoms with Crippen molar-refractivity contribution in [2.24, 2.45) is 0 Å². The highest BCUT2D eigenvalue weighted by Crippen LogP contribution is 2.38. The van der Waals surface area contributed by atoms with Crippen molar-refractivity contribution >= 4 is 6.09 Å². The molecule has 38 heavy (non-hydrogen) atoms. The zero-order valence-corrected chi connectivity index (χ0v) is 20.1. The highest BCUT2D eigenvalue weighted by molar-refractivity contribution is 5.66. The molecule has 1 heterocycles. The van der Waals surface area contributed by atoms with Crippen LogP contribution in [0.25, 0.3) is 11.1 Å². The monoisotopic (exact) mass is 530 g/mol. The Morgan fingerprint density at radius 1 is 0.974 bits per heavy atom. The molecule has 3 aromatic rings. The average molecular weight is 530 g/mol. The standard InChI is InChI=1S/C28H23F5N2O3/c29-24-6-5-22(14-25(24)30)27(7-9-35(10-8-27)26(36)37)17-38-16-19-11-21(13-23(12-19)28(31,32)33)20-3-1-18(15-34)2-4-20/h1-6,11-14H,7-10,16-17H2,(H,36,37). The Kier molecular flexibility index (Phi) is 7.69. The van der Waals surface area contributed by atoms with Crippen LogP contribution in [0.1, 0.15) is 35.1 Å². The van der Waals surface area contributed by atoms with Gasteiger partial charge in [0.1, 0.15) is 0 Å². The van der Waals surface area contributed by atoms with Crippen LogP contribution in [0.4, 0.5) is 26.7 Å². The smallest absolute Gasteiger partial charge is 0.416 e. The molecule has 0 aliphatic carbocycles. The van der Waals surface area contributed by atoms with Gasteiger partial charge in [0.05, 0.1) is 30.4 Å². The Balaban J connectivity index is 1.59. The lowest BCUT2D eigenvalue weighted by atomic mass is 9.73. The van der Waals surface area contributed by atoms with E-state index in [4.69, 9.17) is 10.00 Å². The first-order valence-electron chi connectivity index (χ1n) is 11.7. The molecule has 1 fully saturated rings. The number of hydrogen-bond acceptors (Lipinski definition) is 3. The topological polar surface area (TPSA) is 73.6 Å². The van der Waals surface area contributed by atoms with E-state index in [1.165, 1.54) is 23.1 Å². The number of likely N-dealkylation sites (tertiary alicyclic amines) is 1. The van der Waals surface area contributed by atoms with Crippen LogP contribution in [0.2, 0.25) is 0 Å². The molecule has 3 aromatic carbocycles. The molecule has 0 radical (unpaired) electrons. The summed E-state index contributed by atoms with van der Waals surface area (Å²) in [5, 5.41) is 18.3. The zero-order valence-electron chi connectivity index (χ0n) is 20.1. The summed E-state index contributed by atoms with van der Waals surface area (Å²) in [5.41, 5.74) is 0.150. The Labute approximate surface area is 215 Å². The normalized spacial score (nSPS) is 15.2. The minimum Gasteiger partial charge on any atom is -0.465 e. The van der Waals surface area contributed by atoms with Gasteiger partial charge < -0.3 is 14.7 Å². The number of nitriles is 1. The van der Waals surface area contributed by atoms with Gasteiger partial charge in [0, 0.05) is 18.5 Å². The molecule has 1 saturated heterocycles. The van der Waals surface area contributed by atoms with Crippen molar-refractivity contribution in [3.05, 3.63) is 94.6 Å². The molecule has 4 rings (SSSR count). The predicted molar refractivity (Wildman–Crippen MR) is 128 cm³/mol. The summed E-state index contributed by atoms with van der Waals surface area (Å²) < 4.78 is 74.5. The van der Waals surface area contributed by atoms with Crippen LogP contribution in [-0.4, -0.2) is 35.8 Å². The number of alkyl halides is 3. The Morgan fingerprint density at radius 2 is 1.66 bits per heavy atom. The van der Waals surface area contributed by atoms with Crippen molar-refractivity contribution in [2.75, 3.05) is 19.7 Å². The summed E-state index contributed by atoms with van der Waals surface area (Å²) in [6.45, 7) is 0.0590. The minimum atomic E-state index is -4.60. The molecule has 0 saturated carbocycles. The number of nitrogens with zero attached hydrogens (tertiary/aromatic N) is 2. The van der Waals surface area contributed by atoms with Gasteiger partial charge in [-0.15, -0.1) is 0 Å². The van der Waals surface area contributed by atoms with Crippen molar-refractivity contribution in [3.63, 3.8) is 0 Å². The van der Waals surface area contributed by atoms with Gasteiger partial charge in [0.2, 0.25) is 0 Å². The average Bonchev–Trinajstić information content (AvgIpc) is 2.90. The Hall–Kier alpha value is -3.97. The van der Waals surface area contributed by atoms with E-state index in [-0.39, 0.29) is 44.7 Å². The molecular formula is C28H23F5N2O3. The van der Waals surface area contributed by atoms with Gasteiger partial charge in [-0.25, -0.2) is 13.6 Å². The molecule has 0 atom stereocenters. The summed E-state index contributed by atoms with van der Waals surface area (Å²) in [6, 6.07) is 15.2. The Bertz CT molecular complexity index is 1360. The van der Waals surface area contributed by atoms with Crippen molar-refractivity contribution in [1.29, 1.82) is 5.26 Å². The molecule has 0 spiro atoms. The van der Waals surface area contributed by atoms with Gasteiger partial charge in [-0.05, 0) is 77.6 Å². The fourth-order valence-electron chi connectivity index (χ4n) is 4.68. The van der Waals surface area contributed by atoms with Gasteiger partial charge in [-0.2, -0.15) is 18.4 Å². The number of hydrogen-bond donors (Lipinski definition) is 1. The molecule has 1 N–H and O–H groups in total. The van der Waals surface area contributed by atoms with Gasteiger partial charge >= 0.3 is 12.3 Å². The van der Waals surface area contributed by atoms with Crippen LogP contribution in [0, 0.1) is 23.0 Å². The predicted octanol–water partition coefficient (Wildman–Crippen LogP) is 6.75. The van der Waals surface area contributed by atoms with Crippen LogP contribution in [0.3, 0.4) is 0 Å². The van der Waals surface area contributed by atoms with Crippen LogP contribution in [0.15, 0.2) is 60.7 Å². The minimum absolute atomic E-state index is 0.0338. The zero-order chi connectivity index (χ0) is 27.5. The fraction of sp³-hybridized carbons (Fsp3) is 0.286. The molecule has 0 bridgehead atoms. The molecular weight excluding hydrogens is 507 g/mol. The number of ether oxygens (including phenoxy) is 1. The lowest BCUT2D eigenvalue weighted by Crippen LogP contribution is -2.47. The van der Waals surface area contributed by atoms with Crippen molar-refractivity contribution in [2.45, 2.75) is 31.0 Å². The third kappa shape index (κ3) is 5.94. The van der Waals surface area contributed by atoms with E-state index in [1.807, 2.05) is 6.07 Å². The highest BCUT2D eigenvalue weighted by Gasteiger charge is 2.38. The molecule has 1 amide bonds. The highest BCUT2D eigenvalue weighted by atomic mass is 19.4. The third-order valence-corrected chi connectivity index (χ3v) is 6.84. The summed E-state index contributed by atoms with van der Waals surface area (Å²) in [7, 11) is 0. The first-order valence-corrected chi connectivity index (χ1v) is 11.7. The largest absolute Gasteiger partial charge is 0.465 e. The van der Waals surface area contributed by atoms with E-state index in [0.29, 0.717) is 22.3 Å². The molecule has 0 aromatic heterocycles. The van der Waals surface area contributed by atoms with Crippen molar-refractivity contribution in [1.82, 2.24) is 4.90 Å². The maximum Gasteiger partial charge on any atom is 0.416 e. The van der Waals surface area contributed by atoms with Crippen LogP contribution < -0.4 is 0 Å². The third-order valence-electron chi connectivity index (χ3n) is 6.84. The van der Waals surface area contributed by atoms with E-state index >= 15 is 0 Å². The van der Waals surface area contributed by atoms with Crippen LogP contribution in [-0.2, 0) is 22.9 Å². The van der Waals surface area contributed by atoms with E-state index < -0.39 is 34.9 Å². The van der Waals surface area contributed by atoms with Gasteiger partial charge in [-0.1, -0.05) is 18.2 Å². The summed E-state index contributed by atoms with van der Waals surface area (Å²) >= 11 is 0. The van der Waals surface area contributed by atoms with Crippen LogP contribution in [0.5, 0.6) is 0 Å². The van der Waals surface area contributed by atoms with E-state index in [2.05, 4.69) is 0 Å². The molecule has 198 valence electrons. The van der Waals surface area contributed by atoms with E-state index in [0.717, 1.165) is 24.3 Å². The number of carboxylic acid groups (broad SMARTS) is 1. The molecule has 0 unspecified atom stereocenters. The first kappa shape index (κ1) is 27.1. The van der Waals surface area contributed by atoms with Crippen molar-refractivity contribution < 1.29 is 36.6 Å². The second kappa shape index (κ2) is 10.8. The number of halogens is 5. The lowest BCUT2D eigenvalue weighted by molar-refractivity contribution is -0.137. The quantitative estimate of drug-likeness (QED) is 0.358. The summed E-state index contributed by atoms with van der Waals surface area (Å²) in [4.78, 5) is 12.6. The lowest BCUT2D eigenvalue weighted by Gasteiger charge is -2.41. The SMILES string of the molecule is N#Cc1ccc(-c2cc(COCC3(c4ccc(F)c(F)c4)CCN(C(=O)O)CC3)cc(C(F)(F)F)c2)cc1. The second-order valence-corrected chi connectivity index (χ2v) is 9.28. The summed E-state index contributed by atoms with van der Waals surface area (Å²) in [6.07, 6.45) is -5.16. The molecule has 1 aliphatic heterocycles. The van der Waals surface area contributed by atoms with E-state index in [9.17, 15) is 31.9 Å². The second-order valence-electron chi connectivity index (χ2n) is 9.28. The van der Waals surface area contributed by atoms with Crippen LogP contribution >= 0.6 is 0 Å². The van der Waals surface area contributed by atoms with E-state index in [1.54, 1.807) is 18.2 Å². The summed E-state index contributed by atoms with van der Waals surface area (Å²) in [5.74, 6) is -2.07. The van der Waals surface area contributed by atoms with Crippen molar-refractivity contribution in [3.8, 4) is 17.2 Å². The molecule has 5 nitrogen and oxygen atoms in total. The number of benzene rings is 3. The number of amides is 1. The van der Waals surface area contributed by atoms with Gasteiger partial charge in [-0.3, -0.25) is 0 Å². The number of rotatable bonds is 6.